The molecular formula is C12H17BrN2OS. The molecule has 0 saturated carbocycles. The Balaban J connectivity index is 1.90. The molecule has 1 N–H and O–H groups in total. The van der Waals surface area contributed by atoms with E-state index in [4.69, 9.17) is 0 Å². The van der Waals surface area contributed by atoms with Crippen molar-refractivity contribution in [2.24, 2.45) is 0 Å². The van der Waals surface area contributed by atoms with Gasteiger partial charge in [0.15, 0.2) is 0 Å². The van der Waals surface area contributed by atoms with Gasteiger partial charge in [-0.15, -0.1) is 11.3 Å². The van der Waals surface area contributed by atoms with Crippen LogP contribution in [0.5, 0.6) is 0 Å². The molecule has 0 bridgehead atoms. The van der Waals surface area contributed by atoms with E-state index in [9.17, 15) is 4.79 Å². The lowest BCUT2D eigenvalue weighted by Crippen LogP contribution is -2.44. The predicted molar refractivity (Wildman–Crippen MR) is 74.6 cm³/mol. The van der Waals surface area contributed by atoms with Gasteiger partial charge in [0.25, 0.3) is 5.91 Å². The molecule has 3 nitrogen and oxygen atoms in total. The number of nitrogens with one attached hydrogen (secondary N) is 1. The monoisotopic (exact) mass is 316 g/mol. The van der Waals surface area contributed by atoms with E-state index in [0.29, 0.717) is 6.04 Å². The second-order valence-corrected chi connectivity index (χ2v) is 6.76. The number of amides is 1. The molecule has 2 rings (SSSR count). The van der Waals surface area contributed by atoms with Gasteiger partial charge in [-0.2, -0.15) is 0 Å². The number of thiophene rings is 1. The highest BCUT2D eigenvalue weighted by atomic mass is 79.9. The van der Waals surface area contributed by atoms with Crippen molar-refractivity contribution in [2.75, 3.05) is 20.1 Å². The van der Waals surface area contributed by atoms with E-state index in [1.54, 1.807) is 11.3 Å². The van der Waals surface area contributed by atoms with Crippen molar-refractivity contribution in [3.8, 4) is 0 Å². The number of hydrogen-bond donors (Lipinski definition) is 1. The fourth-order valence-electron chi connectivity index (χ4n) is 2.14. The van der Waals surface area contributed by atoms with Gasteiger partial charge in [-0.05, 0) is 41.4 Å². The molecular weight excluding hydrogens is 300 g/mol. The number of carbonyl (C=O) groups excluding carboxylic acids is 1. The third-order valence-electron chi connectivity index (χ3n) is 3.07. The summed E-state index contributed by atoms with van der Waals surface area (Å²) in [6.07, 6.45) is 3.69. The van der Waals surface area contributed by atoms with Gasteiger partial charge in [-0.3, -0.25) is 4.79 Å². The molecule has 1 aromatic heterocycles. The van der Waals surface area contributed by atoms with Crippen molar-refractivity contribution in [3.63, 3.8) is 0 Å². The first-order valence-electron chi connectivity index (χ1n) is 5.89. The van der Waals surface area contributed by atoms with E-state index in [-0.39, 0.29) is 5.91 Å². The average molecular weight is 317 g/mol. The molecule has 1 unspecified atom stereocenters. The second-order valence-electron chi connectivity index (χ2n) is 4.47. The molecule has 1 aromatic rings. The highest BCUT2D eigenvalue weighted by Gasteiger charge is 2.19. The lowest BCUT2D eigenvalue weighted by atomic mass is 10.0. The number of nitrogens with zero attached hydrogens (tertiary/aromatic N) is 1. The molecule has 0 aliphatic carbocycles. The molecule has 1 saturated heterocycles. The summed E-state index contributed by atoms with van der Waals surface area (Å²) in [5.41, 5.74) is 0.778. The van der Waals surface area contributed by atoms with Crippen LogP contribution in [0.15, 0.2) is 15.2 Å². The first-order chi connectivity index (χ1) is 8.16. The number of rotatable bonds is 3. The van der Waals surface area contributed by atoms with E-state index in [1.165, 1.54) is 19.3 Å². The number of likely N-dealkylation sites (N-methyl/N-ethyl adjacent to an activating group) is 1. The minimum absolute atomic E-state index is 0.110. The largest absolute Gasteiger partial charge is 0.340 e. The van der Waals surface area contributed by atoms with Crippen LogP contribution in [-0.2, 0) is 0 Å². The Hall–Kier alpha value is -0.390. The van der Waals surface area contributed by atoms with Crippen molar-refractivity contribution in [1.82, 2.24) is 10.2 Å². The van der Waals surface area contributed by atoms with Gasteiger partial charge in [-0.25, -0.2) is 0 Å². The van der Waals surface area contributed by atoms with Crippen molar-refractivity contribution in [3.05, 3.63) is 20.8 Å². The first kappa shape index (κ1) is 13.1. The fraction of sp³-hybridized carbons (Fsp3) is 0.583. The van der Waals surface area contributed by atoms with Gasteiger partial charge in [0.1, 0.15) is 0 Å². The van der Waals surface area contributed by atoms with Crippen LogP contribution in [-0.4, -0.2) is 37.0 Å². The minimum atomic E-state index is 0.110. The van der Waals surface area contributed by atoms with Crippen LogP contribution in [0.2, 0.25) is 0 Å². The van der Waals surface area contributed by atoms with Crippen molar-refractivity contribution < 1.29 is 4.79 Å². The smallest absolute Gasteiger partial charge is 0.254 e. The van der Waals surface area contributed by atoms with Crippen LogP contribution in [0.25, 0.3) is 0 Å². The van der Waals surface area contributed by atoms with Crippen LogP contribution in [0, 0.1) is 0 Å². The van der Waals surface area contributed by atoms with Crippen molar-refractivity contribution in [2.45, 2.75) is 25.3 Å². The zero-order valence-electron chi connectivity index (χ0n) is 9.91. The van der Waals surface area contributed by atoms with Gasteiger partial charge < -0.3 is 10.2 Å². The molecule has 17 heavy (non-hydrogen) atoms. The maximum absolute atomic E-state index is 12.1. The first-order valence-corrected chi connectivity index (χ1v) is 7.57. The quantitative estimate of drug-likeness (QED) is 0.930. The maximum atomic E-state index is 12.1. The Bertz CT molecular complexity index is 388. The van der Waals surface area contributed by atoms with E-state index in [2.05, 4.69) is 21.2 Å². The van der Waals surface area contributed by atoms with Gasteiger partial charge in [-0.1, -0.05) is 6.42 Å². The number of carbonyl (C=O) groups is 1. The fourth-order valence-corrected chi connectivity index (χ4v) is 3.27. The maximum Gasteiger partial charge on any atom is 0.254 e. The van der Waals surface area contributed by atoms with Crippen molar-refractivity contribution in [1.29, 1.82) is 0 Å². The molecule has 0 radical (unpaired) electrons. The standard InChI is InChI=1S/C12H17BrN2OS/c1-15(7-10-4-2-3-5-14-10)12(16)9-6-11(13)17-8-9/h6,8,10,14H,2-5,7H2,1H3. The lowest BCUT2D eigenvalue weighted by Gasteiger charge is -2.28. The molecule has 5 heteroatoms. The molecule has 94 valence electrons. The molecule has 1 amide bonds. The van der Waals surface area contributed by atoms with E-state index < -0.39 is 0 Å². The molecule has 2 heterocycles. The summed E-state index contributed by atoms with van der Waals surface area (Å²) in [7, 11) is 1.88. The second kappa shape index (κ2) is 5.98. The lowest BCUT2D eigenvalue weighted by molar-refractivity contribution is 0.0776. The molecule has 1 atom stereocenters. The zero-order valence-corrected chi connectivity index (χ0v) is 12.3. The Morgan fingerprint density at radius 1 is 1.65 bits per heavy atom. The highest BCUT2D eigenvalue weighted by Crippen LogP contribution is 2.21. The molecule has 1 fully saturated rings. The van der Waals surface area contributed by atoms with E-state index in [0.717, 1.165) is 22.4 Å². The molecule has 0 aromatic carbocycles. The van der Waals surface area contributed by atoms with Crippen LogP contribution >= 0.6 is 27.3 Å². The zero-order chi connectivity index (χ0) is 12.3. The number of halogens is 1. The third-order valence-corrected chi connectivity index (χ3v) is 4.57. The summed E-state index contributed by atoms with van der Waals surface area (Å²) < 4.78 is 1.00. The summed E-state index contributed by atoms with van der Waals surface area (Å²) in [4.78, 5) is 13.9. The summed E-state index contributed by atoms with van der Waals surface area (Å²) >= 11 is 4.93. The minimum Gasteiger partial charge on any atom is -0.340 e. The van der Waals surface area contributed by atoms with E-state index in [1.807, 2.05) is 23.4 Å². The normalized spacial score (nSPS) is 20.2. The van der Waals surface area contributed by atoms with E-state index >= 15 is 0 Å². The Morgan fingerprint density at radius 3 is 3.06 bits per heavy atom. The summed E-state index contributed by atoms with van der Waals surface area (Å²) in [5, 5.41) is 5.36. The highest BCUT2D eigenvalue weighted by molar-refractivity contribution is 9.11. The van der Waals surface area contributed by atoms with Gasteiger partial charge >= 0.3 is 0 Å². The topological polar surface area (TPSA) is 32.3 Å². The van der Waals surface area contributed by atoms with Crippen LogP contribution in [0.3, 0.4) is 0 Å². The molecule has 1 aliphatic rings. The van der Waals surface area contributed by atoms with Gasteiger partial charge in [0.05, 0.1) is 9.35 Å². The molecule has 1 aliphatic heterocycles. The Kier molecular flexibility index (Phi) is 4.59. The van der Waals surface area contributed by atoms with Crippen LogP contribution in [0.1, 0.15) is 29.6 Å². The van der Waals surface area contributed by atoms with Gasteiger partial charge in [0.2, 0.25) is 0 Å². The number of piperidine rings is 1. The van der Waals surface area contributed by atoms with Crippen molar-refractivity contribution >= 4 is 33.2 Å². The predicted octanol–water partition coefficient (Wildman–Crippen LogP) is 2.72. The molecule has 0 spiro atoms. The Labute approximate surface area is 114 Å². The van der Waals surface area contributed by atoms with Gasteiger partial charge in [0, 0.05) is 25.0 Å². The summed E-state index contributed by atoms with van der Waals surface area (Å²) in [6, 6.07) is 2.34. The number of hydrogen-bond acceptors (Lipinski definition) is 3. The SMILES string of the molecule is CN(CC1CCCCN1)C(=O)c1csc(Br)c1. The van der Waals surface area contributed by atoms with Crippen LogP contribution in [0.4, 0.5) is 0 Å². The average Bonchev–Trinajstić information content (AvgIpc) is 2.76. The van der Waals surface area contributed by atoms with Crippen LogP contribution < -0.4 is 5.32 Å². The Morgan fingerprint density at radius 2 is 2.47 bits per heavy atom. The summed E-state index contributed by atoms with van der Waals surface area (Å²) in [6.45, 7) is 1.88. The third kappa shape index (κ3) is 3.53. The summed E-state index contributed by atoms with van der Waals surface area (Å²) in [5.74, 6) is 0.110.